The minimum Gasteiger partial charge on any atom is -0.292 e. The van der Waals surface area contributed by atoms with Crippen LogP contribution in [0.2, 0.25) is 0 Å². The van der Waals surface area contributed by atoms with E-state index in [1.807, 2.05) is 17.8 Å². The van der Waals surface area contributed by atoms with Crippen LogP contribution in [0.1, 0.15) is 11.4 Å². The molecule has 0 spiro atoms. The van der Waals surface area contributed by atoms with Crippen molar-refractivity contribution in [2.24, 2.45) is 7.05 Å². The smallest absolute Gasteiger partial charge is 0.129 e. The van der Waals surface area contributed by atoms with Gasteiger partial charge in [0.05, 0.1) is 28.8 Å². The van der Waals surface area contributed by atoms with Crippen LogP contribution in [-0.2, 0) is 12.9 Å². The van der Waals surface area contributed by atoms with E-state index in [0.29, 0.717) is 16.9 Å². The summed E-state index contributed by atoms with van der Waals surface area (Å²) in [6, 6.07) is 3.22. The molecule has 3 aromatic rings. The van der Waals surface area contributed by atoms with Crippen LogP contribution in [0, 0.1) is 12.7 Å². The molecule has 0 fully saturated rings. The molecule has 0 N–H and O–H groups in total. The molecule has 6 heteroatoms. The van der Waals surface area contributed by atoms with E-state index in [1.165, 1.54) is 6.07 Å². The van der Waals surface area contributed by atoms with Gasteiger partial charge in [-0.2, -0.15) is 5.10 Å². The Morgan fingerprint density at radius 2 is 2.16 bits per heavy atom. The van der Waals surface area contributed by atoms with Crippen molar-refractivity contribution in [3.05, 3.63) is 41.7 Å². The van der Waals surface area contributed by atoms with E-state index in [9.17, 15) is 4.39 Å². The number of fused-ring (bicyclic) bond motifs is 1. The van der Waals surface area contributed by atoms with E-state index in [0.717, 1.165) is 11.2 Å². The Bertz CT molecular complexity index is 759. The molecule has 0 aliphatic rings. The normalized spacial score (nSPS) is 11.4. The summed E-state index contributed by atoms with van der Waals surface area (Å²) in [5.41, 5.74) is 2.88. The Labute approximate surface area is 114 Å². The van der Waals surface area contributed by atoms with Crippen LogP contribution in [0.25, 0.3) is 16.7 Å². The zero-order valence-electron chi connectivity index (χ0n) is 10.6. The molecule has 0 aliphatic carbocycles. The summed E-state index contributed by atoms with van der Waals surface area (Å²) >= 11 is 5.94. The molecule has 19 heavy (non-hydrogen) atoms. The summed E-state index contributed by atoms with van der Waals surface area (Å²) in [6.07, 6.45) is 3.60. The summed E-state index contributed by atoms with van der Waals surface area (Å²) in [7, 11) is 1.84. The van der Waals surface area contributed by atoms with Gasteiger partial charge < -0.3 is 0 Å². The first-order chi connectivity index (χ1) is 9.10. The van der Waals surface area contributed by atoms with Gasteiger partial charge in [-0.3, -0.25) is 9.25 Å². The third-order valence-electron chi connectivity index (χ3n) is 3.07. The van der Waals surface area contributed by atoms with Gasteiger partial charge in [-0.05, 0) is 18.6 Å². The monoisotopic (exact) mass is 278 g/mol. The van der Waals surface area contributed by atoms with Gasteiger partial charge in [0.15, 0.2) is 0 Å². The Balaban J connectivity index is 2.35. The molecule has 3 rings (SSSR count). The maximum absolute atomic E-state index is 13.6. The molecule has 0 atom stereocenters. The predicted molar refractivity (Wildman–Crippen MR) is 72.1 cm³/mol. The lowest BCUT2D eigenvalue weighted by atomic mass is 10.2. The highest BCUT2D eigenvalue weighted by atomic mass is 35.5. The van der Waals surface area contributed by atoms with E-state index in [4.69, 9.17) is 11.6 Å². The van der Waals surface area contributed by atoms with E-state index in [-0.39, 0.29) is 11.7 Å². The van der Waals surface area contributed by atoms with Crippen LogP contribution in [0.15, 0.2) is 24.5 Å². The SMILES string of the molecule is Cc1cc2c(cc1F)nc(CCl)n2-c1cnn(C)c1. The lowest BCUT2D eigenvalue weighted by Gasteiger charge is -2.04. The molecular weight excluding hydrogens is 267 g/mol. The molecule has 2 aromatic heterocycles. The van der Waals surface area contributed by atoms with Crippen LogP contribution in [0.4, 0.5) is 4.39 Å². The van der Waals surface area contributed by atoms with Gasteiger partial charge in [-0.25, -0.2) is 9.37 Å². The first kappa shape index (κ1) is 12.2. The van der Waals surface area contributed by atoms with Gasteiger partial charge in [0.2, 0.25) is 0 Å². The minimum atomic E-state index is -0.260. The predicted octanol–water partition coefficient (Wildman–Crippen LogP) is 2.95. The van der Waals surface area contributed by atoms with Gasteiger partial charge in [0.25, 0.3) is 0 Å². The second-order valence-electron chi connectivity index (χ2n) is 4.46. The standard InChI is InChI=1S/C13H12ClFN4/c1-8-3-12-11(4-10(8)15)17-13(5-14)19(12)9-6-16-18(2)7-9/h3-4,6-7H,5H2,1-2H3. The molecule has 0 bridgehead atoms. The van der Waals surface area contributed by atoms with Crippen LogP contribution in [0.3, 0.4) is 0 Å². The summed E-state index contributed by atoms with van der Waals surface area (Å²) in [5.74, 6) is 0.670. The molecular formula is C13H12ClFN4. The quantitative estimate of drug-likeness (QED) is 0.676. The molecule has 0 unspecified atom stereocenters. The van der Waals surface area contributed by atoms with Crippen molar-refractivity contribution in [3.8, 4) is 5.69 Å². The van der Waals surface area contributed by atoms with Gasteiger partial charge in [-0.1, -0.05) is 0 Å². The van der Waals surface area contributed by atoms with Crippen LogP contribution >= 0.6 is 11.6 Å². The van der Waals surface area contributed by atoms with Crippen molar-refractivity contribution >= 4 is 22.6 Å². The van der Waals surface area contributed by atoms with Gasteiger partial charge in [0.1, 0.15) is 11.6 Å². The Hall–Kier alpha value is -1.88. The van der Waals surface area contributed by atoms with Gasteiger partial charge >= 0.3 is 0 Å². The number of aryl methyl sites for hydroxylation is 2. The van der Waals surface area contributed by atoms with Gasteiger partial charge in [-0.15, -0.1) is 11.6 Å². The lowest BCUT2D eigenvalue weighted by Crippen LogP contribution is -1.98. The number of nitrogens with zero attached hydrogens (tertiary/aromatic N) is 4. The maximum atomic E-state index is 13.6. The number of hydrogen-bond donors (Lipinski definition) is 0. The average Bonchev–Trinajstić information content (AvgIpc) is 2.93. The largest absolute Gasteiger partial charge is 0.292 e. The highest BCUT2D eigenvalue weighted by Crippen LogP contribution is 2.24. The molecule has 0 saturated carbocycles. The first-order valence-corrected chi connectivity index (χ1v) is 6.36. The van der Waals surface area contributed by atoms with Crippen LogP contribution in [-0.4, -0.2) is 19.3 Å². The number of alkyl halides is 1. The van der Waals surface area contributed by atoms with E-state index in [2.05, 4.69) is 10.1 Å². The van der Waals surface area contributed by atoms with Crippen molar-refractivity contribution in [2.45, 2.75) is 12.8 Å². The Morgan fingerprint density at radius 3 is 2.79 bits per heavy atom. The molecule has 0 aliphatic heterocycles. The van der Waals surface area contributed by atoms with Crippen molar-refractivity contribution in [1.29, 1.82) is 0 Å². The molecule has 0 saturated heterocycles. The van der Waals surface area contributed by atoms with E-state index >= 15 is 0 Å². The zero-order valence-corrected chi connectivity index (χ0v) is 11.3. The number of hydrogen-bond acceptors (Lipinski definition) is 2. The molecule has 1 aromatic carbocycles. The first-order valence-electron chi connectivity index (χ1n) is 5.82. The Morgan fingerprint density at radius 1 is 1.37 bits per heavy atom. The fourth-order valence-corrected chi connectivity index (χ4v) is 2.33. The summed E-state index contributed by atoms with van der Waals surface area (Å²) in [6.45, 7) is 1.73. The highest BCUT2D eigenvalue weighted by molar-refractivity contribution is 6.17. The number of aromatic nitrogens is 4. The molecule has 0 radical (unpaired) electrons. The number of benzene rings is 1. The highest BCUT2D eigenvalue weighted by Gasteiger charge is 2.14. The van der Waals surface area contributed by atoms with Crippen molar-refractivity contribution in [1.82, 2.24) is 19.3 Å². The van der Waals surface area contributed by atoms with E-state index in [1.54, 1.807) is 23.9 Å². The number of halogens is 2. The van der Waals surface area contributed by atoms with Gasteiger partial charge in [0, 0.05) is 19.3 Å². The topological polar surface area (TPSA) is 35.6 Å². The molecule has 2 heterocycles. The number of rotatable bonds is 2. The second-order valence-corrected chi connectivity index (χ2v) is 4.73. The fourth-order valence-electron chi connectivity index (χ4n) is 2.15. The van der Waals surface area contributed by atoms with Crippen LogP contribution < -0.4 is 0 Å². The van der Waals surface area contributed by atoms with Crippen molar-refractivity contribution in [3.63, 3.8) is 0 Å². The molecule has 0 amide bonds. The lowest BCUT2D eigenvalue weighted by molar-refractivity contribution is 0.620. The third-order valence-corrected chi connectivity index (χ3v) is 3.31. The zero-order chi connectivity index (χ0) is 13.6. The number of imidazole rings is 1. The van der Waals surface area contributed by atoms with Crippen molar-refractivity contribution < 1.29 is 4.39 Å². The third kappa shape index (κ3) is 1.90. The average molecular weight is 279 g/mol. The minimum absolute atomic E-state index is 0.254. The van der Waals surface area contributed by atoms with Crippen LogP contribution in [0.5, 0.6) is 0 Å². The van der Waals surface area contributed by atoms with Crippen molar-refractivity contribution in [2.75, 3.05) is 0 Å². The Kier molecular flexibility index (Phi) is 2.78. The molecule has 98 valence electrons. The second kappa shape index (κ2) is 4.35. The fraction of sp³-hybridized carbons (Fsp3) is 0.231. The maximum Gasteiger partial charge on any atom is 0.129 e. The summed E-state index contributed by atoms with van der Waals surface area (Å²) in [5, 5.41) is 4.15. The summed E-state index contributed by atoms with van der Waals surface area (Å²) in [4.78, 5) is 4.37. The summed E-state index contributed by atoms with van der Waals surface area (Å²) < 4.78 is 17.2. The van der Waals surface area contributed by atoms with E-state index < -0.39 is 0 Å². The molecule has 4 nitrogen and oxygen atoms in total.